The summed E-state index contributed by atoms with van der Waals surface area (Å²) < 4.78 is 10.1. The van der Waals surface area contributed by atoms with E-state index >= 15 is 0 Å². The van der Waals surface area contributed by atoms with Gasteiger partial charge in [-0.2, -0.15) is 0 Å². The summed E-state index contributed by atoms with van der Waals surface area (Å²) in [6, 6.07) is 21.7. The molecule has 0 fully saturated rings. The zero-order chi connectivity index (χ0) is 19.1. The SMILES string of the molecule is [2H]c1ccc2c(-c3ccc(-c4c(C)cccc4C)cc3C)[n+](C)ccc2c1. The third kappa shape index (κ3) is 2.70. The Kier molecular flexibility index (Phi) is 3.79. The molecule has 0 atom stereocenters. The molecule has 0 unspecified atom stereocenters. The molecule has 128 valence electrons. The first-order valence-electron chi connectivity index (χ1n) is 9.52. The van der Waals surface area contributed by atoms with Crippen molar-refractivity contribution in [3.05, 3.63) is 89.6 Å². The normalized spacial score (nSPS) is 11.6. The molecule has 4 rings (SSSR count). The largest absolute Gasteiger partial charge is 0.220 e. The quantitative estimate of drug-likeness (QED) is 0.399. The zero-order valence-corrected chi connectivity index (χ0v) is 15.8. The second-order valence-corrected chi connectivity index (χ2v) is 7.09. The number of hydrogen-bond donors (Lipinski definition) is 0. The summed E-state index contributed by atoms with van der Waals surface area (Å²) >= 11 is 0. The number of benzene rings is 3. The zero-order valence-electron chi connectivity index (χ0n) is 16.8. The molecule has 0 saturated carbocycles. The fourth-order valence-electron chi connectivity index (χ4n) is 3.94. The molecule has 0 spiro atoms. The molecule has 0 aliphatic rings. The van der Waals surface area contributed by atoms with E-state index in [0.717, 1.165) is 5.39 Å². The summed E-state index contributed by atoms with van der Waals surface area (Å²) in [6.07, 6.45) is 2.08. The maximum atomic E-state index is 7.90. The van der Waals surface area contributed by atoms with Gasteiger partial charge in [-0.25, -0.2) is 4.57 Å². The highest BCUT2D eigenvalue weighted by molar-refractivity contribution is 5.94. The van der Waals surface area contributed by atoms with Gasteiger partial charge >= 0.3 is 0 Å². The summed E-state index contributed by atoms with van der Waals surface area (Å²) in [5, 5.41) is 2.28. The van der Waals surface area contributed by atoms with Gasteiger partial charge in [0.25, 0.3) is 0 Å². The van der Waals surface area contributed by atoms with Crippen LogP contribution in [0.4, 0.5) is 0 Å². The molecule has 4 aromatic rings. The molecule has 0 aliphatic carbocycles. The van der Waals surface area contributed by atoms with Crippen LogP contribution in [0.15, 0.2) is 72.9 Å². The van der Waals surface area contributed by atoms with Crippen LogP contribution in [-0.4, -0.2) is 0 Å². The van der Waals surface area contributed by atoms with E-state index in [9.17, 15) is 0 Å². The van der Waals surface area contributed by atoms with Crippen LogP contribution >= 0.6 is 0 Å². The predicted molar refractivity (Wildman–Crippen MR) is 110 cm³/mol. The van der Waals surface area contributed by atoms with Gasteiger partial charge < -0.3 is 0 Å². The van der Waals surface area contributed by atoms with Crippen molar-refractivity contribution in [3.8, 4) is 22.4 Å². The molecule has 0 bridgehead atoms. The van der Waals surface area contributed by atoms with E-state index in [0.29, 0.717) is 6.04 Å². The molecule has 1 nitrogen and oxygen atoms in total. The third-order valence-corrected chi connectivity index (χ3v) is 5.23. The summed E-state index contributed by atoms with van der Waals surface area (Å²) in [5.41, 5.74) is 8.89. The predicted octanol–water partition coefficient (Wildman–Crippen LogP) is 5.92. The van der Waals surface area contributed by atoms with Crippen LogP contribution < -0.4 is 4.57 Å². The minimum absolute atomic E-state index is 0.546. The van der Waals surface area contributed by atoms with Gasteiger partial charge in [-0.05, 0) is 66.1 Å². The van der Waals surface area contributed by atoms with Crippen molar-refractivity contribution in [1.82, 2.24) is 0 Å². The smallest absolute Gasteiger partial charge is 0.200 e. The molecule has 0 N–H and O–H groups in total. The van der Waals surface area contributed by atoms with Crippen molar-refractivity contribution >= 4 is 10.8 Å². The lowest BCUT2D eigenvalue weighted by Crippen LogP contribution is -2.30. The topological polar surface area (TPSA) is 3.88 Å². The molecule has 1 aromatic heterocycles. The van der Waals surface area contributed by atoms with E-state index in [4.69, 9.17) is 1.37 Å². The molecule has 0 saturated heterocycles. The average Bonchev–Trinajstić information content (AvgIpc) is 2.62. The molecular weight excluding hydrogens is 314 g/mol. The van der Waals surface area contributed by atoms with E-state index in [2.05, 4.69) is 87.1 Å². The van der Waals surface area contributed by atoms with E-state index < -0.39 is 0 Å². The van der Waals surface area contributed by atoms with Gasteiger partial charge in [-0.15, -0.1) is 0 Å². The molecule has 0 radical (unpaired) electrons. The first-order chi connectivity index (χ1) is 13.0. The summed E-state index contributed by atoms with van der Waals surface area (Å²) in [5.74, 6) is 0. The van der Waals surface area contributed by atoms with Crippen molar-refractivity contribution in [3.63, 3.8) is 0 Å². The lowest BCUT2D eigenvalue weighted by Gasteiger charge is -2.13. The number of rotatable bonds is 2. The van der Waals surface area contributed by atoms with Crippen molar-refractivity contribution in [1.29, 1.82) is 0 Å². The van der Waals surface area contributed by atoms with Crippen molar-refractivity contribution in [2.75, 3.05) is 0 Å². The van der Waals surface area contributed by atoms with E-state index in [1.54, 1.807) is 0 Å². The Labute approximate surface area is 157 Å². The molecule has 0 amide bonds. The molecule has 0 aliphatic heterocycles. The van der Waals surface area contributed by atoms with Crippen LogP contribution in [0.5, 0.6) is 0 Å². The lowest BCUT2D eigenvalue weighted by atomic mass is 9.92. The summed E-state index contributed by atoms with van der Waals surface area (Å²) in [6.45, 7) is 6.54. The summed E-state index contributed by atoms with van der Waals surface area (Å²) in [7, 11) is 2.09. The first-order valence-corrected chi connectivity index (χ1v) is 9.02. The molecular formula is C25H24N+. The maximum absolute atomic E-state index is 7.90. The average molecular weight is 339 g/mol. The Morgan fingerprint density at radius 2 is 1.58 bits per heavy atom. The van der Waals surface area contributed by atoms with Gasteiger partial charge in [0.15, 0.2) is 6.20 Å². The second kappa shape index (κ2) is 6.42. The number of aryl methyl sites for hydroxylation is 4. The second-order valence-electron chi connectivity index (χ2n) is 7.09. The van der Waals surface area contributed by atoms with Gasteiger partial charge in [0, 0.05) is 11.6 Å². The van der Waals surface area contributed by atoms with Crippen LogP contribution in [0.1, 0.15) is 18.1 Å². The standard InChI is InChI=1S/C25H24N/c1-17-8-7-9-18(2)24(17)21-12-13-22(19(3)16-21)25-23-11-6-5-10-20(23)14-15-26(25)4/h5-16H,1-4H3/q+1/i5D. The van der Waals surface area contributed by atoms with Crippen molar-refractivity contribution < 1.29 is 5.94 Å². The fraction of sp³-hybridized carbons (Fsp3) is 0.160. The van der Waals surface area contributed by atoms with E-state index in [1.165, 1.54) is 44.5 Å². The molecule has 3 aromatic carbocycles. The maximum Gasteiger partial charge on any atom is 0.220 e. The van der Waals surface area contributed by atoms with Gasteiger partial charge in [0.05, 0.1) is 6.76 Å². The summed E-state index contributed by atoms with van der Waals surface area (Å²) in [4.78, 5) is 0. The van der Waals surface area contributed by atoms with Gasteiger partial charge in [-0.1, -0.05) is 48.5 Å². The Morgan fingerprint density at radius 1 is 0.808 bits per heavy atom. The number of pyridine rings is 1. The third-order valence-electron chi connectivity index (χ3n) is 5.23. The van der Waals surface area contributed by atoms with E-state index in [1.807, 2.05) is 12.1 Å². The highest BCUT2D eigenvalue weighted by Crippen LogP contribution is 2.33. The van der Waals surface area contributed by atoms with Crippen molar-refractivity contribution in [2.45, 2.75) is 20.8 Å². The number of hydrogen-bond acceptors (Lipinski definition) is 0. The Hall–Kier alpha value is -2.93. The van der Waals surface area contributed by atoms with Gasteiger partial charge in [0.1, 0.15) is 7.05 Å². The highest BCUT2D eigenvalue weighted by atomic mass is 14.9. The van der Waals surface area contributed by atoms with Crippen LogP contribution in [0, 0.1) is 20.8 Å². The highest BCUT2D eigenvalue weighted by Gasteiger charge is 2.17. The van der Waals surface area contributed by atoms with Crippen molar-refractivity contribution in [2.24, 2.45) is 7.05 Å². The number of fused-ring (bicyclic) bond motifs is 1. The minimum atomic E-state index is 0.546. The monoisotopic (exact) mass is 339 g/mol. The Balaban J connectivity index is 1.92. The van der Waals surface area contributed by atoms with Crippen LogP contribution in [0.2, 0.25) is 0 Å². The van der Waals surface area contributed by atoms with Crippen LogP contribution in [0.3, 0.4) is 0 Å². The molecule has 26 heavy (non-hydrogen) atoms. The number of aromatic nitrogens is 1. The Morgan fingerprint density at radius 3 is 2.31 bits per heavy atom. The molecule has 1 heterocycles. The lowest BCUT2D eigenvalue weighted by molar-refractivity contribution is -0.659. The number of nitrogens with zero attached hydrogens (tertiary/aromatic N) is 1. The van der Waals surface area contributed by atoms with Crippen LogP contribution in [0.25, 0.3) is 33.2 Å². The first kappa shape index (κ1) is 15.3. The van der Waals surface area contributed by atoms with Gasteiger partial charge in [0.2, 0.25) is 5.69 Å². The fourth-order valence-corrected chi connectivity index (χ4v) is 3.94. The van der Waals surface area contributed by atoms with E-state index in [-0.39, 0.29) is 0 Å². The van der Waals surface area contributed by atoms with Crippen LogP contribution in [-0.2, 0) is 7.05 Å². The van der Waals surface area contributed by atoms with Gasteiger partial charge in [-0.3, -0.25) is 0 Å². The Bertz CT molecular complexity index is 1150. The molecule has 1 heteroatoms. The minimum Gasteiger partial charge on any atom is -0.200 e.